The van der Waals surface area contributed by atoms with E-state index in [-0.39, 0.29) is 0 Å². The molecular weight excluding hydrogens is 412 g/mol. The van der Waals surface area contributed by atoms with E-state index >= 15 is 0 Å². The van der Waals surface area contributed by atoms with Crippen molar-refractivity contribution in [2.75, 3.05) is 32.0 Å². The fourth-order valence-electron chi connectivity index (χ4n) is 4.79. The van der Waals surface area contributed by atoms with Crippen LogP contribution >= 0.6 is 11.3 Å². The molecule has 0 unspecified atom stereocenters. The number of amidine groups is 1. The van der Waals surface area contributed by atoms with Gasteiger partial charge in [0, 0.05) is 30.6 Å². The lowest BCUT2D eigenvalue weighted by Gasteiger charge is -2.41. The highest BCUT2D eigenvalue weighted by atomic mass is 32.1. The van der Waals surface area contributed by atoms with Crippen LogP contribution in [0.3, 0.4) is 0 Å². The first-order valence-electron chi connectivity index (χ1n) is 11.7. The van der Waals surface area contributed by atoms with Gasteiger partial charge in [0.2, 0.25) is 0 Å². The van der Waals surface area contributed by atoms with Crippen molar-refractivity contribution < 1.29 is 0 Å². The van der Waals surface area contributed by atoms with E-state index in [1.807, 2.05) is 11.3 Å². The highest BCUT2D eigenvalue weighted by Crippen LogP contribution is 2.39. The number of unbranched alkanes of at least 4 members (excludes halogenated alkanes) is 1. The molecular formula is C27H32N4S. The fraction of sp³-hybridized carbons (Fsp3) is 0.370. The standard InChI is InChI=1S/C27H32N4S/c1-20-18-23-26(28-24-14-8-9-15-25(24)29-27(23)32-20)31-17-16-30(2)22(19-31)13-7-6-12-21-10-4-3-5-11-21/h3-5,8-11,14-15,18,22,29H,6-7,12-13,16-17,19H2,1-2H3/t22-/m0/s1. The third kappa shape index (κ3) is 4.59. The molecule has 0 amide bonds. The number of fused-ring (bicyclic) bond motifs is 2. The summed E-state index contributed by atoms with van der Waals surface area (Å²) in [6, 6.07) is 22.1. The maximum absolute atomic E-state index is 5.18. The lowest BCUT2D eigenvalue weighted by molar-refractivity contribution is 0.132. The quantitative estimate of drug-likeness (QED) is 0.474. The molecule has 0 aliphatic carbocycles. The summed E-state index contributed by atoms with van der Waals surface area (Å²) in [5, 5.41) is 4.85. The van der Waals surface area contributed by atoms with E-state index in [4.69, 9.17) is 4.99 Å². The van der Waals surface area contributed by atoms with Crippen LogP contribution in [0.15, 0.2) is 65.7 Å². The number of thiophene rings is 1. The second kappa shape index (κ2) is 9.47. The highest BCUT2D eigenvalue weighted by Gasteiger charge is 2.29. The number of rotatable bonds is 5. The van der Waals surface area contributed by atoms with Gasteiger partial charge in [-0.2, -0.15) is 0 Å². The normalized spacial score (nSPS) is 18.4. The Morgan fingerprint density at radius 3 is 2.72 bits per heavy atom. The van der Waals surface area contributed by atoms with Crippen molar-refractivity contribution in [3.63, 3.8) is 0 Å². The van der Waals surface area contributed by atoms with Gasteiger partial charge in [0.15, 0.2) is 0 Å². The van der Waals surface area contributed by atoms with E-state index < -0.39 is 0 Å². The van der Waals surface area contributed by atoms with Crippen molar-refractivity contribution in [1.82, 2.24) is 9.80 Å². The predicted molar refractivity (Wildman–Crippen MR) is 137 cm³/mol. The van der Waals surface area contributed by atoms with E-state index in [0.29, 0.717) is 6.04 Å². The van der Waals surface area contributed by atoms with Crippen molar-refractivity contribution in [3.05, 3.63) is 76.7 Å². The van der Waals surface area contributed by atoms with E-state index in [2.05, 4.69) is 89.8 Å². The average molecular weight is 445 g/mol. The Bertz CT molecular complexity index is 1090. The smallest absolute Gasteiger partial charge is 0.139 e. The molecule has 2 aromatic carbocycles. The van der Waals surface area contributed by atoms with Crippen LogP contribution in [-0.4, -0.2) is 48.4 Å². The molecule has 2 aliphatic heterocycles. The minimum absolute atomic E-state index is 0.567. The van der Waals surface area contributed by atoms with Gasteiger partial charge in [-0.25, -0.2) is 4.99 Å². The Kier molecular flexibility index (Phi) is 6.28. The zero-order valence-electron chi connectivity index (χ0n) is 19.1. The Labute approximate surface area is 195 Å². The third-order valence-corrected chi connectivity index (χ3v) is 7.61. The van der Waals surface area contributed by atoms with Gasteiger partial charge in [0.1, 0.15) is 10.8 Å². The summed E-state index contributed by atoms with van der Waals surface area (Å²) >= 11 is 1.82. The minimum Gasteiger partial charge on any atom is -0.353 e. The summed E-state index contributed by atoms with van der Waals surface area (Å²) in [5.41, 5.74) is 4.82. The van der Waals surface area contributed by atoms with Gasteiger partial charge < -0.3 is 10.2 Å². The van der Waals surface area contributed by atoms with Gasteiger partial charge in [-0.05, 0) is 57.0 Å². The molecule has 1 N–H and O–H groups in total. The Balaban J connectivity index is 1.31. The van der Waals surface area contributed by atoms with E-state index in [0.717, 1.165) is 36.8 Å². The number of piperazine rings is 1. The molecule has 0 spiro atoms. The summed E-state index contributed by atoms with van der Waals surface area (Å²) in [5.74, 6) is 1.13. The molecule has 2 aliphatic rings. The van der Waals surface area contributed by atoms with Gasteiger partial charge in [0.05, 0.1) is 16.9 Å². The van der Waals surface area contributed by atoms with Crippen LogP contribution in [0.1, 0.15) is 35.3 Å². The van der Waals surface area contributed by atoms with Crippen LogP contribution in [-0.2, 0) is 6.42 Å². The molecule has 5 heteroatoms. The number of nitrogens with one attached hydrogen (secondary N) is 1. The average Bonchev–Trinajstić information content (AvgIpc) is 3.10. The number of anilines is 2. The largest absolute Gasteiger partial charge is 0.353 e. The van der Waals surface area contributed by atoms with Gasteiger partial charge in [0.25, 0.3) is 0 Å². The Hall–Kier alpha value is -2.63. The fourth-order valence-corrected chi connectivity index (χ4v) is 5.71. The summed E-state index contributed by atoms with van der Waals surface area (Å²) in [6.45, 7) is 5.32. The van der Waals surface area contributed by atoms with E-state index in [9.17, 15) is 0 Å². The number of para-hydroxylation sites is 2. The van der Waals surface area contributed by atoms with Crippen molar-refractivity contribution >= 4 is 33.5 Å². The molecule has 166 valence electrons. The van der Waals surface area contributed by atoms with Crippen LogP contribution in [0.4, 0.5) is 16.4 Å². The molecule has 0 saturated carbocycles. The molecule has 3 heterocycles. The second-order valence-electron chi connectivity index (χ2n) is 8.99. The first-order chi connectivity index (χ1) is 15.7. The van der Waals surface area contributed by atoms with Crippen LogP contribution in [0, 0.1) is 6.92 Å². The molecule has 4 nitrogen and oxygen atoms in total. The number of benzene rings is 2. The minimum atomic E-state index is 0.567. The topological polar surface area (TPSA) is 30.9 Å². The lowest BCUT2D eigenvalue weighted by atomic mass is 10.0. The molecule has 1 fully saturated rings. The third-order valence-electron chi connectivity index (χ3n) is 6.65. The predicted octanol–water partition coefficient (Wildman–Crippen LogP) is 6.22. The van der Waals surface area contributed by atoms with Crippen LogP contribution in [0.5, 0.6) is 0 Å². The summed E-state index contributed by atoms with van der Waals surface area (Å²) < 4.78 is 0. The number of hydrogen-bond acceptors (Lipinski definition) is 5. The van der Waals surface area contributed by atoms with E-state index in [1.165, 1.54) is 46.7 Å². The van der Waals surface area contributed by atoms with Gasteiger partial charge >= 0.3 is 0 Å². The first kappa shape index (κ1) is 21.2. The monoisotopic (exact) mass is 444 g/mol. The summed E-state index contributed by atoms with van der Waals surface area (Å²) in [7, 11) is 2.28. The molecule has 32 heavy (non-hydrogen) atoms. The molecule has 5 rings (SSSR count). The maximum Gasteiger partial charge on any atom is 0.139 e. The van der Waals surface area contributed by atoms with Crippen molar-refractivity contribution in [3.8, 4) is 0 Å². The van der Waals surface area contributed by atoms with Crippen molar-refractivity contribution in [1.29, 1.82) is 0 Å². The molecule has 1 aromatic heterocycles. The number of aryl methyl sites for hydroxylation is 2. The Morgan fingerprint density at radius 1 is 1.03 bits per heavy atom. The first-order valence-corrected chi connectivity index (χ1v) is 12.5. The zero-order valence-corrected chi connectivity index (χ0v) is 19.9. The number of nitrogens with zero attached hydrogens (tertiary/aromatic N) is 3. The highest BCUT2D eigenvalue weighted by molar-refractivity contribution is 7.16. The van der Waals surface area contributed by atoms with Gasteiger partial charge in [-0.15, -0.1) is 11.3 Å². The molecule has 0 bridgehead atoms. The van der Waals surface area contributed by atoms with E-state index in [1.54, 1.807) is 0 Å². The van der Waals surface area contributed by atoms with Crippen molar-refractivity contribution in [2.45, 2.75) is 38.6 Å². The SMILES string of the molecule is Cc1cc2c(s1)Nc1ccccc1N=C2N1CCN(C)[C@@H](CCCCc2ccccc2)C1. The Morgan fingerprint density at radius 2 is 1.84 bits per heavy atom. The molecule has 0 radical (unpaired) electrons. The van der Waals surface area contributed by atoms with Crippen LogP contribution in [0.2, 0.25) is 0 Å². The van der Waals surface area contributed by atoms with Crippen LogP contribution in [0.25, 0.3) is 0 Å². The van der Waals surface area contributed by atoms with Crippen LogP contribution < -0.4 is 5.32 Å². The van der Waals surface area contributed by atoms with Gasteiger partial charge in [-0.3, -0.25) is 4.90 Å². The maximum atomic E-state index is 5.18. The molecule has 1 atom stereocenters. The summed E-state index contributed by atoms with van der Waals surface area (Å²) in [4.78, 5) is 11.6. The van der Waals surface area contributed by atoms with Gasteiger partial charge in [-0.1, -0.05) is 48.9 Å². The summed E-state index contributed by atoms with van der Waals surface area (Å²) in [6.07, 6.45) is 4.92. The zero-order chi connectivity index (χ0) is 21.9. The number of likely N-dealkylation sites (N-methyl/N-ethyl adjacent to an activating group) is 1. The second-order valence-corrected chi connectivity index (χ2v) is 10.2. The van der Waals surface area contributed by atoms with Crippen molar-refractivity contribution in [2.24, 2.45) is 4.99 Å². The molecule has 3 aromatic rings. The lowest BCUT2D eigenvalue weighted by Crippen LogP contribution is -2.53. The molecule has 1 saturated heterocycles. The number of hydrogen-bond donors (Lipinski definition) is 1. The number of aliphatic imine (C=N–C) groups is 1.